The predicted molar refractivity (Wildman–Crippen MR) is 89.2 cm³/mol. The number of nitrogens with zero attached hydrogens (tertiary/aromatic N) is 4. The van der Waals surface area contributed by atoms with Crippen LogP contribution in [0.25, 0.3) is 0 Å². The van der Waals surface area contributed by atoms with E-state index in [2.05, 4.69) is 44.9 Å². The molecule has 1 aromatic carbocycles. The first-order valence-electron chi connectivity index (χ1n) is 8.23. The van der Waals surface area contributed by atoms with Crippen molar-refractivity contribution >= 4 is 12.2 Å². The van der Waals surface area contributed by atoms with Crippen molar-refractivity contribution in [3.05, 3.63) is 47.0 Å². The molecule has 116 valence electrons. The van der Waals surface area contributed by atoms with Crippen LogP contribution in [-0.2, 0) is 13.1 Å². The first-order valence-corrected chi connectivity index (χ1v) is 8.64. The molecule has 1 saturated carbocycles. The molecular formula is C17H22N4S. The molecule has 1 unspecified atom stereocenters. The zero-order valence-electron chi connectivity index (χ0n) is 12.8. The van der Waals surface area contributed by atoms with Crippen LogP contribution in [0.15, 0.2) is 36.7 Å². The highest BCUT2D eigenvalue weighted by Gasteiger charge is 2.27. The monoisotopic (exact) mass is 314 g/mol. The van der Waals surface area contributed by atoms with Crippen LogP contribution in [0.2, 0.25) is 0 Å². The van der Waals surface area contributed by atoms with Crippen molar-refractivity contribution in [3.63, 3.8) is 0 Å². The van der Waals surface area contributed by atoms with Crippen LogP contribution in [0.5, 0.6) is 0 Å². The summed E-state index contributed by atoms with van der Waals surface area (Å²) in [6.45, 7) is 1.98. The molecule has 22 heavy (non-hydrogen) atoms. The third kappa shape index (κ3) is 2.88. The zero-order chi connectivity index (χ0) is 14.9. The van der Waals surface area contributed by atoms with Crippen LogP contribution in [0.4, 0.5) is 0 Å². The van der Waals surface area contributed by atoms with Crippen molar-refractivity contribution in [1.82, 2.24) is 19.2 Å². The Hall–Kier alpha value is -1.46. The van der Waals surface area contributed by atoms with Crippen molar-refractivity contribution in [2.75, 3.05) is 6.54 Å². The van der Waals surface area contributed by atoms with Crippen LogP contribution >= 0.6 is 12.2 Å². The minimum atomic E-state index is 0.607. The number of likely N-dealkylation sites (tertiary alicyclic amines) is 1. The van der Waals surface area contributed by atoms with Gasteiger partial charge in [-0.15, -0.1) is 0 Å². The zero-order valence-corrected chi connectivity index (χ0v) is 13.6. The summed E-state index contributed by atoms with van der Waals surface area (Å²) in [5, 5.41) is 4.52. The van der Waals surface area contributed by atoms with Crippen LogP contribution < -0.4 is 0 Å². The second kappa shape index (κ2) is 5.97. The molecule has 1 aromatic heterocycles. The van der Waals surface area contributed by atoms with Gasteiger partial charge in [0.1, 0.15) is 6.33 Å². The molecule has 2 fully saturated rings. The van der Waals surface area contributed by atoms with E-state index in [4.69, 9.17) is 12.2 Å². The fourth-order valence-corrected chi connectivity index (χ4v) is 3.72. The lowest BCUT2D eigenvalue weighted by Gasteiger charge is -2.24. The second-order valence-electron chi connectivity index (χ2n) is 6.49. The molecule has 0 spiro atoms. The van der Waals surface area contributed by atoms with Gasteiger partial charge in [0, 0.05) is 18.6 Å². The summed E-state index contributed by atoms with van der Waals surface area (Å²) in [5.74, 6) is 0. The van der Waals surface area contributed by atoms with Crippen LogP contribution in [0.3, 0.4) is 0 Å². The molecule has 2 heterocycles. The van der Waals surface area contributed by atoms with Gasteiger partial charge < -0.3 is 4.57 Å². The summed E-state index contributed by atoms with van der Waals surface area (Å²) in [6, 6.07) is 12.0. The lowest BCUT2D eigenvalue weighted by Crippen LogP contribution is -2.33. The standard InChI is InChI=1S/C17H22N4S/c22-17-20(15-8-9-15)12-18-21(17)13-19-10-4-7-16(19)11-14-5-2-1-3-6-14/h1-3,5-6,12,15-16H,4,7-11,13H2. The fraction of sp³-hybridized carbons (Fsp3) is 0.529. The SMILES string of the molecule is S=c1n(C2CC2)cnn1CN1CCCC1Cc1ccccc1. The Labute approximate surface area is 136 Å². The molecule has 0 N–H and O–H groups in total. The number of hydrogen-bond acceptors (Lipinski definition) is 3. The van der Waals surface area contributed by atoms with E-state index in [1.807, 2.05) is 11.0 Å². The highest BCUT2D eigenvalue weighted by Crippen LogP contribution is 2.34. The van der Waals surface area contributed by atoms with E-state index < -0.39 is 0 Å². The van der Waals surface area contributed by atoms with E-state index >= 15 is 0 Å². The Bertz CT molecular complexity index is 686. The second-order valence-corrected chi connectivity index (χ2v) is 6.86. The fourth-order valence-electron chi connectivity index (χ4n) is 3.42. The van der Waals surface area contributed by atoms with Gasteiger partial charge in [-0.05, 0) is 49.9 Å². The maximum Gasteiger partial charge on any atom is 0.199 e. The molecule has 1 atom stereocenters. The van der Waals surface area contributed by atoms with E-state index in [9.17, 15) is 0 Å². The van der Waals surface area contributed by atoms with Gasteiger partial charge in [-0.3, -0.25) is 4.90 Å². The lowest BCUT2D eigenvalue weighted by molar-refractivity contribution is 0.187. The molecule has 2 aliphatic rings. The van der Waals surface area contributed by atoms with Crippen LogP contribution in [-0.4, -0.2) is 31.8 Å². The maximum atomic E-state index is 5.58. The van der Waals surface area contributed by atoms with Crippen molar-refractivity contribution in [2.24, 2.45) is 0 Å². The first kappa shape index (κ1) is 14.2. The minimum absolute atomic E-state index is 0.607. The van der Waals surface area contributed by atoms with Gasteiger partial charge >= 0.3 is 0 Å². The average molecular weight is 314 g/mol. The van der Waals surface area contributed by atoms with Crippen molar-refractivity contribution in [1.29, 1.82) is 0 Å². The van der Waals surface area contributed by atoms with E-state index in [1.165, 1.54) is 31.2 Å². The highest BCUT2D eigenvalue weighted by molar-refractivity contribution is 7.71. The van der Waals surface area contributed by atoms with Gasteiger partial charge in [0.05, 0.1) is 6.67 Å². The van der Waals surface area contributed by atoms with Gasteiger partial charge in [-0.25, -0.2) is 4.68 Å². The first-order chi connectivity index (χ1) is 10.8. The van der Waals surface area contributed by atoms with E-state index in [0.717, 1.165) is 24.4 Å². The Morgan fingerprint density at radius 3 is 2.73 bits per heavy atom. The highest BCUT2D eigenvalue weighted by atomic mass is 32.1. The van der Waals surface area contributed by atoms with Gasteiger partial charge in [-0.1, -0.05) is 30.3 Å². The van der Waals surface area contributed by atoms with Crippen LogP contribution in [0.1, 0.15) is 37.3 Å². The molecule has 1 aliphatic carbocycles. The number of rotatable bonds is 5. The number of benzene rings is 1. The topological polar surface area (TPSA) is 26.0 Å². The van der Waals surface area contributed by atoms with E-state index in [0.29, 0.717) is 12.1 Å². The number of hydrogen-bond donors (Lipinski definition) is 0. The summed E-state index contributed by atoms with van der Waals surface area (Å²) < 4.78 is 5.04. The van der Waals surface area contributed by atoms with E-state index in [-0.39, 0.29) is 0 Å². The molecule has 5 heteroatoms. The summed E-state index contributed by atoms with van der Waals surface area (Å²) in [6.07, 6.45) is 8.08. The summed E-state index contributed by atoms with van der Waals surface area (Å²) in [5.41, 5.74) is 1.42. The molecule has 1 aliphatic heterocycles. The largest absolute Gasteiger partial charge is 0.303 e. The van der Waals surface area contributed by atoms with Gasteiger partial charge in [-0.2, -0.15) is 5.10 Å². The summed E-state index contributed by atoms with van der Waals surface area (Å²) in [7, 11) is 0. The summed E-state index contributed by atoms with van der Waals surface area (Å²) in [4.78, 5) is 2.53. The third-order valence-electron chi connectivity index (χ3n) is 4.83. The molecular weight excluding hydrogens is 292 g/mol. The van der Waals surface area contributed by atoms with Gasteiger partial charge in [0.25, 0.3) is 0 Å². The predicted octanol–water partition coefficient (Wildman–Crippen LogP) is 3.41. The Kier molecular flexibility index (Phi) is 3.84. The van der Waals surface area contributed by atoms with Crippen molar-refractivity contribution in [3.8, 4) is 0 Å². The lowest BCUT2D eigenvalue weighted by atomic mass is 10.0. The molecule has 0 bridgehead atoms. The summed E-state index contributed by atoms with van der Waals surface area (Å²) >= 11 is 5.58. The van der Waals surface area contributed by atoms with Gasteiger partial charge in [0.2, 0.25) is 0 Å². The minimum Gasteiger partial charge on any atom is -0.303 e. The van der Waals surface area contributed by atoms with Crippen LogP contribution in [0, 0.1) is 4.77 Å². The average Bonchev–Trinajstić information content (AvgIpc) is 3.19. The molecule has 0 radical (unpaired) electrons. The molecule has 2 aromatic rings. The smallest absolute Gasteiger partial charge is 0.199 e. The maximum absolute atomic E-state index is 5.58. The Morgan fingerprint density at radius 1 is 1.14 bits per heavy atom. The van der Waals surface area contributed by atoms with Gasteiger partial charge in [0.15, 0.2) is 4.77 Å². The van der Waals surface area contributed by atoms with Crippen molar-refractivity contribution < 1.29 is 0 Å². The molecule has 1 saturated heterocycles. The molecule has 4 rings (SSSR count). The van der Waals surface area contributed by atoms with Crippen molar-refractivity contribution in [2.45, 2.75) is 50.9 Å². The Morgan fingerprint density at radius 2 is 1.95 bits per heavy atom. The molecule has 0 amide bonds. The number of aromatic nitrogens is 3. The Balaban J connectivity index is 1.46. The quantitative estimate of drug-likeness (QED) is 0.791. The normalized spacial score (nSPS) is 22.3. The third-order valence-corrected chi connectivity index (χ3v) is 5.25. The van der Waals surface area contributed by atoms with E-state index in [1.54, 1.807) is 0 Å². The molecule has 4 nitrogen and oxygen atoms in total.